The second-order valence-corrected chi connectivity index (χ2v) is 3.92. The van der Waals surface area contributed by atoms with Gasteiger partial charge in [-0.25, -0.2) is 0 Å². The van der Waals surface area contributed by atoms with Gasteiger partial charge in [-0.3, -0.25) is 0 Å². The van der Waals surface area contributed by atoms with Gasteiger partial charge in [0.05, 0.1) is 13.7 Å². The molecule has 0 amide bonds. The number of nitrogens with one attached hydrogen (secondary N) is 1. The van der Waals surface area contributed by atoms with Crippen molar-refractivity contribution in [1.82, 2.24) is 5.32 Å². The van der Waals surface area contributed by atoms with Crippen LogP contribution in [0.1, 0.15) is 18.9 Å². The normalized spacial score (nSPS) is 10.5. The predicted molar refractivity (Wildman–Crippen MR) is 70.7 cm³/mol. The zero-order valence-corrected chi connectivity index (χ0v) is 10.9. The molecule has 0 radical (unpaired) electrons. The molecule has 0 fully saturated rings. The Hall–Kier alpha value is -1.06. The van der Waals surface area contributed by atoms with E-state index in [1.807, 2.05) is 18.2 Å². The van der Waals surface area contributed by atoms with E-state index in [0.29, 0.717) is 0 Å². The molecule has 0 bridgehead atoms. The molecule has 0 saturated carbocycles. The first-order valence-electron chi connectivity index (χ1n) is 6.28. The first-order valence-corrected chi connectivity index (χ1v) is 6.28. The molecule has 1 aromatic carbocycles. The minimum Gasteiger partial charge on any atom is -0.496 e. The van der Waals surface area contributed by atoms with Crippen LogP contribution in [0.15, 0.2) is 24.3 Å². The number of ether oxygens (including phenoxy) is 2. The third-order valence-electron chi connectivity index (χ3n) is 2.54. The molecule has 96 valence electrons. The van der Waals surface area contributed by atoms with Crippen LogP contribution in [0.3, 0.4) is 0 Å². The van der Waals surface area contributed by atoms with Crippen LogP contribution in [-0.2, 0) is 11.2 Å². The zero-order chi connectivity index (χ0) is 12.3. The van der Waals surface area contributed by atoms with Crippen LogP contribution < -0.4 is 10.1 Å². The SMILES string of the molecule is CCCOCCNCCc1ccccc1OC. The fourth-order valence-electron chi connectivity index (χ4n) is 1.65. The first kappa shape index (κ1) is 14.0. The zero-order valence-electron chi connectivity index (χ0n) is 10.9. The summed E-state index contributed by atoms with van der Waals surface area (Å²) in [6.07, 6.45) is 2.07. The summed E-state index contributed by atoms with van der Waals surface area (Å²) in [7, 11) is 1.71. The number of hydrogen-bond donors (Lipinski definition) is 1. The quantitative estimate of drug-likeness (QED) is 0.668. The fraction of sp³-hybridized carbons (Fsp3) is 0.571. The van der Waals surface area contributed by atoms with Gasteiger partial charge in [0.1, 0.15) is 5.75 Å². The molecule has 0 aliphatic carbocycles. The summed E-state index contributed by atoms with van der Waals surface area (Å²) < 4.78 is 10.7. The molecule has 0 heterocycles. The Kier molecular flexibility index (Phi) is 7.43. The third-order valence-corrected chi connectivity index (χ3v) is 2.54. The van der Waals surface area contributed by atoms with Gasteiger partial charge in [-0.1, -0.05) is 25.1 Å². The lowest BCUT2D eigenvalue weighted by Gasteiger charge is -2.09. The number of benzene rings is 1. The predicted octanol–water partition coefficient (Wildman–Crippen LogP) is 2.25. The highest BCUT2D eigenvalue weighted by molar-refractivity contribution is 5.33. The van der Waals surface area contributed by atoms with Crippen LogP contribution in [-0.4, -0.2) is 33.4 Å². The average molecular weight is 237 g/mol. The lowest BCUT2D eigenvalue weighted by Crippen LogP contribution is -2.22. The topological polar surface area (TPSA) is 30.5 Å². The highest BCUT2D eigenvalue weighted by Crippen LogP contribution is 2.16. The van der Waals surface area contributed by atoms with E-state index >= 15 is 0 Å². The molecular formula is C14H23NO2. The van der Waals surface area contributed by atoms with Crippen molar-refractivity contribution in [2.24, 2.45) is 0 Å². The van der Waals surface area contributed by atoms with Gasteiger partial charge in [0.15, 0.2) is 0 Å². The number of para-hydroxylation sites is 1. The van der Waals surface area contributed by atoms with Gasteiger partial charge in [0, 0.05) is 13.2 Å². The molecule has 0 aromatic heterocycles. The smallest absolute Gasteiger partial charge is 0.122 e. The fourth-order valence-corrected chi connectivity index (χ4v) is 1.65. The molecule has 3 heteroatoms. The maximum absolute atomic E-state index is 5.39. The molecule has 3 nitrogen and oxygen atoms in total. The van der Waals surface area contributed by atoms with E-state index in [2.05, 4.69) is 18.3 Å². The Bertz CT molecular complexity index is 302. The minimum atomic E-state index is 0.791. The van der Waals surface area contributed by atoms with Gasteiger partial charge in [0.2, 0.25) is 0 Å². The summed E-state index contributed by atoms with van der Waals surface area (Å²) >= 11 is 0. The molecular weight excluding hydrogens is 214 g/mol. The van der Waals surface area contributed by atoms with Crippen molar-refractivity contribution in [2.45, 2.75) is 19.8 Å². The Morgan fingerprint density at radius 2 is 1.94 bits per heavy atom. The van der Waals surface area contributed by atoms with E-state index in [0.717, 1.165) is 44.9 Å². The average Bonchev–Trinajstić information content (AvgIpc) is 2.38. The molecule has 0 aliphatic rings. The maximum atomic E-state index is 5.39. The van der Waals surface area contributed by atoms with Crippen molar-refractivity contribution in [1.29, 1.82) is 0 Å². The van der Waals surface area contributed by atoms with Gasteiger partial charge < -0.3 is 14.8 Å². The van der Waals surface area contributed by atoms with Gasteiger partial charge >= 0.3 is 0 Å². The molecule has 0 unspecified atom stereocenters. The molecule has 0 spiro atoms. The van der Waals surface area contributed by atoms with Crippen LogP contribution in [0.4, 0.5) is 0 Å². The van der Waals surface area contributed by atoms with Crippen LogP contribution in [0.25, 0.3) is 0 Å². The van der Waals surface area contributed by atoms with Crippen LogP contribution in [0.5, 0.6) is 5.75 Å². The van der Waals surface area contributed by atoms with Gasteiger partial charge in [0.25, 0.3) is 0 Å². The highest BCUT2D eigenvalue weighted by atomic mass is 16.5. The minimum absolute atomic E-state index is 0.791. The molecule has 0 atom stereocenters. The molecule has 1 aromatic rings. The lowest BCUT2D eigenvalue weighted by atomic mass is 10.1. The van der Waals surface area contributed by atoms with Gasteiger partial charge in [-0.15, -0.1) is 0 Å². The molecule has 17 heavy (non-hydrogen) atoms. The van der Waals surface area contributed by atoms with Crippen molar-refractivity contribution >= 4 is 0 Å². The van der Waals surface area contributed by atoms with Crippen molar-refractivity contribution in [2.75, 3.05) is 33.4 Å². The Morgan fingerprint density at radius 3 is 2.71 bits per heavy atom. The van der Waals surface area contributed by atoms with E-state index in [9.17, 15) is 0 Å². The summed E-state index contributed by atoms with van der Waals surface area (Å²) in [6, 6.07) is 8.14. The summed E-state index contributed by atoms with van der Waals surface area (Å²) in [4.78, 5) is 0. The number of rotatable bonds is 9. The Morgan fingerprint density at radius 1 is 1.12 bits per heavy atom. The van der Waals surface area contributed by atoms with E-state index in [1.54, 1.807) is 7.11 Å². The van der Waals surface area contributed by atoms with Crippen LogP contribution in [0.2, 0.25) is 0 Å². The van der Waals surface area contributed by atoms with Crippen molar-refractivity contribution in [3.63, 3.8) is 0 Å². The van der Waals surface area contributed by atoms with E-state index < -0.39 is 0 Å². The second kappa shape index (κ2) is 9.02. The Labute approximate surface area is 104 Å². The highest BCUT2D eigenvalue weighted by Gasteiger charge is 2.00. The standard InChI is InChI=1S/C14H23NO2/c1-3-11-17-12-10-15-9-8-13-6-4-5-7-14(13)16-2/h4-7,15H,3,8-12H2,1-2H3. The Balaban J connectivity index is 2.13. The summed E-state index contributed by atoms with van der Waals surface area (Å²) in [6.45, 7) is 5.63. The third kappa shape index (κ3) is 5.71. The summed E-state index contributed by atoms with van der Waals surface area (Å²) in [5.41, 5.74) is 1.25. The molecule has 1 N–H and O–H groups in total. The largest absolute Gasteiger partial charge is 0.496 e. The molecule has 0 saturated heterocycles. The first-order chi connectivity index (χ1) is 8.38. The van der Waals surface area contributed by atoms with Crippen LogP contribution in [0, 0.1) is 0 Å². The molecule has 0 aliphatic heterocycles. The molecule has 1 rings (SSSR count). The number of methoxy groups -OCH3 is 1. The van der Waals surface area contributed by atoms with Crippen molar-refractivity contribution in [3.05, 3.63) is 29.8 Å². The van der Waals surface area contributed by atoms with E-state index in [4.69, 9.17) is 9.47 Å². The van der Waals surface area contributed by atoms with Gasteiger partial charge in [-0.2, -0.15) is 0 Å². The monoisotopic (exact) mass is 237 g/mol. The van der Waals surface area contributed by atoms with Crippen molar-refractivity contribution < 1.29 is 9.47 Å². The van der Waals surface area contributed by atoms with Crippen LogP contribution >= 0.6 is 0 Å². The summed E-state index contributed by atoms with van der Waals surface area (Å²) in [5.74, 6) is 0.969. The van der Waals surface area contributed by atoms with Crippen molar-refractivity contribution in [3.8, 4) is 5.75 Å². The summed E-state index contributed by atoms with van der Waals surface area (Å²) in [5, 5.41) is 3.36. The lowest BCUT2D eigenvalue weighted by molar-refractivity contribution is 0.137. The van der Waals surface area contributed by atoms with E-state index in [-0.39, 0.29) is 0 Å². The van der Waals surface area contributed by atoms with E-state index in [1.165, 1.54) is 5.56 Å². The maximum Gasteiger partial charge on any atom is 0.122 e. The second-order valence-electron chi connectivity index (χ2n) is 3.92. The number of hydrogen-bond acceptors (Lipinski definition) is 3. The van der Waals surface area contributed by atoms with Gasteiger partial charge in [-0.05, 0) is 31.0 Å².